The van der Waals surface area contributed by atoms with Crippen molar-refractivity contribution >= 4 is 27.5 Å². The molecule has 1 amide bonds. The first kappa shape index (κ1) is 13.5. The third-order valence-electron chi connectivity index (χ3n) is 2.45. The fourth-order valence-electron chi connectivity index (χ4n) is 1.55. The van der Waals surface area contributed by atoms with Crippen molar-refractivity contribution in [1.29, 1.82) is 0 Å². The summed E-state index contributed by atoms with van der Waals surface area (Å²) < 4.78 is 15.2. The molecule has 1 aromatic heterocycles. The molecule has 0 saturated carbocycles. The van der Waals surface area contributed by atoms with E-state index in [9.17, 15) is 9.18 Å². The molecule has 100 valence electrons. The summed E-state index contributed by atoms with van der Waals surface area (Å²) in [6.07, 6.45) is 3.20. The van der Waals surface area contributed by atoms with Crippen molar-refractivity contribution in [2.45, 2.75) is 6.54 Å². The maximum atomic E-state index is 13.1. The number of halogens is 2. The number of carbonyl (C=O) groups excluding carboxylic acids is 1. The molecule has 1 aromatic carbocycles. The first-order chi connectivity index (χ1) is 9.06. The van der Waals surface area contributed by atoms with Gasteiger partial charge in [0.25, 0.3) is 5.91 Å². The lowest BCUT2D eigenvalue weighted by molar-refractivity contribution is 0.0950. The van der Waals surface area contributed by atoms with Gasteiger partial charge in [-0.2, -0.15) is 5.10 Å². The molecule has 2 aromatic rings. The summed E-state index contributed by atoms with van der Waals surface area (Å²) in [4.78, 5) is 11.9. The highest BCUT2D eigenvalue weighted by Crippen LogP contribution is 2.17. The van der Waals surface area contributed by atoms with E-state index in [4.69, 9.17) is 5.73 Å². The largest absolute Gasteiger partial charge is 0.396 e. The van der Waals surface area contributed by atoms with Crippen molar-refractivity contribution in [3.63, 3.8) is 0 Å². The van der Waals surface area contributed by atoms with Gasteiger partial charge < -0.3 is 11.1 Å². The number of nitrogens with two attached hydrogens (primary N) is 1. The Morgan fingerprint density at radius 1 is 1.53 bits per heavy atom. The lowest BCUT2D eigenvalue weighted by Crippen LogP contribution is -2.27. The van der Waals surface area contributed by atoms with Crippen molar-refractivity contribution < 1.29 is 9.18 Å². The van der Waals surface area contributed by atoms with E-state index in [1.807, 2.05) is 0 Å². The molecule has 0 saturated heterocycles. The van der Waals surface area contributed by atoms with Crippen LogP contribution in [0.1, 0.15) is 10.4 Å². The quantitative estimate of drug-likeness (QED) is 0.899. The number of hydrogen-bond acceptors (Lipinski definition) is 3. The summed E-state index contributed by atoms with van der Waals surface area (Å²) in [7, 11) is 0. The van der Waals surface area contributed by atoms with Crippen LogP contribution in [0.3, 0.4) is 0 Å². The lowest BCUT2D eigenvalue weighted by Gasteiger charge is -2.07. The van der Waals surface area contributed by atoms with E-state index in [1.165, 1.54) is 24.4 Å². The molecule has 0 aliphatic carbocycles. The molecule has 0 fully saturated rings. The molecule has 0 bridgehead atoms. The van der Waals surface area contributed by atoms with Crippen LogP contribution in [0.5, 0.6) is 0 Å². The van der Waals surface area contributed by atoms with E-state index < -0.39 is 5.82 Å². The number of benzene rings is 1. The van der Waals surface area contributed by atoms with E-state index in [0.29, 0.717) is 23.2 Å². The highest BCUT2D eigenvalue weighted by molar-refractivity contribution is 9.10. The molecule has 0 aliphatic heterocycles. The average Bonchev–Trinajstić information content (AvgIpc) is 2.78. The number of rotatable bonds is 4. The molecular formula is C12H12BrFN4O. The summed E-state index contributed by atoms with van der Waals surface area (Å²) in [6.45, 7) is 0.874. The van der Waals surface area contributed by atoms with Gasteiger partial charge in [0.2, 0.25) is 0 Å². The summed E-state index contributed by atoms with van der Waals surface area (Å²) >= 11 is 3.21. The molecule has 5 nitrogen and oxygen atoms in total. The number of hydrogen-bond donors (Lipinski definition) is 2. The van der Waals surface area contributed by atoms with Crippen LogP contribution >= 0.6 is 15.9 Å². The summed E-state index contributed by atoms with van der Waals surface area (Å²) in [5, 5.41) is 6.68. The van der Waals surface area contributed by atoms with Crippen LogP contribution < -0.4 is 11.1 Å². The van der Waals surface area contributed by atoms with Gasteiger partial charge in [-0.25, -0.2) is 4.39 Å². The highest BCUT2D eigenvalue weighted by Gasteiger charge is 2.10. The minimum atomic E-state index is -0.451. The van der Waals surface area contributed by atoms with Crippen LogP contribution in [0.15, 0.2) is 35.1 Å². The Morgan fingerprint density at radius 3 is 3.00 bits per heavy atom. The summed E-state index contributed by atoms with van der Waals surface area (Å²) in [6, 6.07) is 3.97. The lowest BCUT2D eigenvalue weighted by atomic mass is 10.2. The zero-order valence-corrected chi connectivity index (χ0v) is 11.5. The first-order valence-corrected chi connectivity index (χ1v) is 6.37. The molecule has 19 heavy (non-hydrogen) atoms. The summed E-state index contributed by atoms with van der Waals surface area (Å²) in [5.41, 5.74) is 6.35. The van der Waals surface area contributed by atoms with Gasteiger partial charge in [-0.05, 0) is 34.1 Å². The normalized spacial score (nSPS) is 10.4. The number of carbonyl (C=O) groups is 1. The number of amides is 1. The Balaban J connectivity index is 1.92. The molecular weight excluding hydrogens is 315 g/mol. The predicted molar refractivity (Wildman–Crippen MR) is 73.1 cm³/mol. The van der Waals surface area contributed by atoms with Crippen molar-refractivity contribution in [2.75, 3.05) is 12.3 Å². The van der Waals surface area contributed by atoms with Crippen LogP contribution in [0.2, 0.25) is 0 Å². The Morgan fingerprint density at radius 2 is 2.32 bits per heavy atom. The second kappa shape index (κ2) is 5.83. The van der Waals surface area contributed by atoms with Crippen molar-refractivity contribution in [3.05, 3.63) is 46.4 Å². The maximum Gasteiger partial charge on any atom is 0.252 e. The van der Waals surface area contributed by atoms with Crippen LogP contribution in [-0.2, 0) is 6.54 Å². The van der Waals surface area contributed by atoms with Gasteiger partial charge in [-0.1, -0.05) is 0 Å². The molecule has 0 aliphatic rings. The van der Waals surface area contributed by atoms with Crippen molar-refractivity contribution in [2.24, 2.45) is 0 Å². The van der Waals surface area contributed by atoms with Gasteiger partial charge >= 0.3 is 0 Å². The molecule has 0 atom stereocenters. The third-order valence-corrected chi connectivity index (χ3v) is 3.14. The molecule has 0 spiro atoms. The van der Waals surface area contributed by atoms with Gasteiger partial charge in [-0.15, -0.1) is 0 Å². The smallest absolute Gasteiger partial charge is 0.252 e. The Hall–Kier alpha value is -1.89. The molecule has 2 rings (SSSR count). The second-order valence-corrected chi connectivity index (χ2v) is 4.77. The third kappa shape index (κ3) is 3.54. The minimum absolute atomic E-state index is 0.264. The van der Waals surface area contributed by atoms with Gasteiger partial charge in [-0.3, -0.25) is 9.48 Å². The van der Waals surface area contributed by atoms with Crippen molar-refractivity contribution in [1.82, 2.24) is 15.1 Å². The van der Waals surface area contributed by atoms with E-state index in [-0.39, 0.29) is 11.5 Å². The number of nitrogen functional groups attached to an aromatic ring is 1. The van der Waals surface area contributed by atoms with Crippen LogP contribution in [0.4, 0.5) is 10.1 Å². The monoisotopic (exact) mass is 326 g/mol. The van der Waals surface area contributed by atoms with Gasteiger partial charge in [0, 0.05) is 17.2 Å². The van der Waals surface area contributed by atoms with Crippen LogP contribution in [0, 0.1) is 5.82 Å². The molecule has 0 unspecified atom stereocenters. The fourth-order valence-corrected chi connectivity index (χ4v) is 1.98. The topological polar surface area (TPSA) is 72.9 Å². The molecule has 3 N–H and O–H groups in total. The Bertz CT molecular complexity index is 599. The SMILES string of the molecule is Nc1cnn(CCNC(=O)c2cc(F)ccc2Br)c1. The zero-order chi connectivity index (χ0) is 13.8. The standard InChI is InChI=1S/C12H12BrFN4O/c13-11-2-1-8(14)5-10(11)12(19)16-3-4-18-7-9(15)6-17-18/h1-2,5-7H,3-4,15H2,(H,16,19). The van der Waals surface area contributed by atoms with E-state index in [2.05, 4.69) is 26.3 Å². The number of anilines is 1. The van der Waals surface area contributed by atoms with Gasteiger partial charge in [0.15, 0.2) is 0 Å². The van der Waals surface area contributed by atoms with E-state index in [1.54, 1.807) is 10.9 Å². The van der Waals surface area contributed by atoms with Crippen LogP contribution in [-0.4, -0.2) is 22.2 Å². The second-order valence-electron chi connectivity index (χ2n) is 3.92. The highest BCUT2D eigenvalue weighted by atomic mass is 79.9. The molecule has 1 heterocycles. The zero-order valence-electron chi connectivity index (χ0n) is 9.94. The minimum Gasteiger partial charge on any atom is -0.396 e. The number of nitrogens with zero attached hydrogens (tertiary/aromatic N) is 2. The average molecular weight is 327 g/mol. The molecule has 7 heteroatoms. The first-order valence-electron chi connectivity index (χ1n) is 5.57. The number of aromatic nitrogens is 2. The van der Waals surface area contributed by atoms with Gasteiger partial charge in [0.1, 0.15) is 5.82 Å². The summed E-state index contributed by atoms with van der Waals surface area (Å²) in [5.74, 6) is -0.792. The Labute approximate surface area is 117 Å². The van der Waals surface area contributed by atoms with Gasteiger partial charge in [0.05, 0.1) is 24.0 Å². The van der Waals surface area contributed by atoms with E-state index in [0.717, 1.165) is 0 Å². The predicted octanol–water partition coefficient (Wildman–Crippen LogP) is 1.80. The van der Waals surface area contributed by atoms with Crippen molar-refractivity contribution in [3.8, 4) is 0 Å². The molecule has 0 radical (unpaired) electrons. The maximum absolute atomic E-state index is 13.1. The fraction of sp³-hybridized carbons (Fsp3) is 0.167. The Kier molecular flexibility index (Phi) is 4.16. The van der Waals surface area contributed by atoms with Crippen LogP contribution in [0.25, 0.3) is 0 Å². The number of nitrogens with one attached hydrogen (secondary N) is 1. The van der Waals surface area contributed by atoms with E-state index >= 15 is 0 Å².